The zero-order valence-electron chi connectivity index (χ0n) is 15.2. The van der Waals surface area contributed by atoms with E-state index in [0.717, 1.165) is 33.9 Å². The first-order valence-corrected chi connectivity index (χ1v) is 8.60. The standard InChI is InChI=1S/C22H24N2O2/c1-17-8-6-13-22(24(2)23)21(17)16-26-20-12-7-11-19(14-20)25-15-18-9-4-3-5-10-18/h3-14H,15-16,23H2,1-2H3. The van der Waals surface area contributed by atoms with Gasteiger partial charge in [0.1, 0.15) is 24.7 Å². The van der Waals surface area contributed by atoms with Gasteiger partial charge in [0.25, 0.3) is 0 Å². The van der Waals surface area contributed by atoms with Crippen LogP contribution in [0.5, 0.6) is 11.5 Å². The topological polar surface area (TPSA) is 47.7 Å². The Balaban J connectivity index is 1.66. The van der Waals surface area contributed by atoms with E-state index in [9.17, 15) is 0 Å². The van der Waals surface area contributed by atoms with Crippen LogP contribution in [0.4, 0.5) is 5.69 Å². The minimum absolute atomic E-state index is 0.450. The Kier molecular flexibility index (Phi) is 5.77. The molecule has 0 amide bonds. The van der Waals surface area contributed by atoms with E-state index in [0.29, 0.717) is 13.2 Å². The average Bonchev–Trinajstić information content (AvgIpc) is 2.66. The number of anilines is 1. The molecule has 0 unspecified atom stereocenters. The van der Waals surface area contributed by atoms with E-state index in [-0.39, 0.29) is 0 Å². The number of hydrogen-bond donors (Lipinski definition) is 1. The van der Waals surface area contributed by atoms with Gasteiger partial charge >= 0.3 is 0 Å². The molecule has 0 atom stereocenters. The number of nitrogens with two attached hydrogens (primary N) is 1. The van der Waals surface area contributed by atoms with Crippen molar-refractivity contribution in [2.75, 3.05) is 12.1 Å². The quantitative estimate of drug-likeness (QED) is 0.506. The van der Waals surface area contributed by atoms with Gasteiger partial charge in [-0.1, -0.05) is 48.5 Å². The third-order valence-corrected chi connectivity index (χ3v) is 4.20. The Morgan fingerprint density at radius 3 is 2.15 bits per heavy atom. The fraction of sp³-hybridized carbons (Fsp3) is 0.182. The summed E-state index contributed by atoms with van der Waals surface area (Å²) >= 11 is 0. The van der Waals surface area contributed by atoms with Crippen LogP contribution in [0.2, 0.25) is 0 Å². The monoisotopic (exact) mass is 348 g/mol. The van der Waals surface area contributed by atoms with Gasteiger partial charge < -0.3 is 14.5 Å². The van der Waals surface area contributed by atoms with E-state index in [2.05, 4.69) is 13.0 Å². The Bertz CT molecular complexity index is 848. The Labute approximate surface area is 154 Å². The molecule has 0 saturated carbocycles. The summed E-state index contributed by atoms with van der Waals surface area (Å²) in [6, 6.07) is 23.9. The Morgan fingerprint density at radius 2 is 1.46 bits per heavy atom. The highest BCUT2D eigenvalue weighted by atomic mass is 16.5. The number of ether oxygens (including phenoxy) is 2. The van der Waals surface area contributed by atoms with Crippen LogP contribution in [0, 0.1) is 6.92 Å². The summed E-state index contributed by atoms with van der Waals surface area (Å²) in [6.07, 6.45) is 0. The second-order valence-corrected chi connectivity index (χ2v) is 6.22. The highest BCUT2D eigenvalue weighted by Crippen LogP contribution is 2.25. The van der Waals surface area contributed by atoms with Crippen LogP contribution in [0.25, 0.3) is 0 Å². The van der Waals surface area contributed by atoms with Gasteiger partial charge in [0.15, 0.2) is 0 Å². The first kappa shape index (κ1) is 17.8. The molecule has 0 aliphatic heterocycles. The number of hydrazine groups is 1. The molecule has 4 heteroatoms. The molecule has 0 spiro atoms. The molecule has 26 heavy (non-hydrogen) atoms. The van der Waals surface area contributed by atoms with Crippen LogP contribution >= 0.6 is 0 Å². The molecule has 3 aromatic carbocycles. The molecule has 134 valence electrons. The van der Waals surface area contributed by atoms with Gasteiger partial charge in [-0.05, 0) is 36.2 Å². The first-order valence-electron chi connectivity index (χ1n) is 8.60. The predicted molar refractivity (Wildman–Crippen MR) is 105 cm³/mol. The van der Waals surface area contributed by atoms with E-state index in [1.807, 2.05) is 73.8 Å². The van der Waals surface area contributed by atoms with E-state index in [4.69, 9.17) is 15.3 Å². The number of nitrogens with zero attached hydrogens (tertiary/aromatic N) is 1. The summed E-state index contributed by atoms with van der Waals surface area (Å²) in [6.45, 7) is 3.04. The van der Waals surface area contributed by atoms with Crippen molar-refractivity contribution in [2.24, 2.45) is 5.84 Å². The van der Waals surface area contributed by atoms with Crippen molar-refractivity contribution in [2.45, 2.75) is 20.1 Å². The molecular weight excluding hydrogens is 324 g/mol. The lowest BCUT2D eigenvalue weighted by molar-refractivity contribution is 0.290. The Morgan fingerprint density at radius 1 is 0.808 bits per heavy atom. The average molecular weight is 348 g/mol. The molecule has 3 aromatic rings. The molecule has 0 fully saturated rings. The summed E-state index contributed by atoms with van der Waals surface area (Å²) in [4.78, 5) is 0. The van der Waals surface area contributed by atoms with Gasteiger partial charge in [0.2, 0.25) is 0 Å². The van der Waals surface area contributed by atoms with E-state index in [1.165, 1.54) is 0 Å². The molecule has 0 aliphatic carbocycles. The fourth-order valence-electron chi connectivity index (χ4n) is 2.76. The molecule has 0 bridgehead atoms. The number of benzene rings is 3. The van der Waals surface area contributed by atoms with Crippen LogP contribution in [-0.2, 0) is 13.2 Å². The van der Waals surface area contributed by atoms with Crippen LogP contribution < -0.4 is 20.3 Å². The van der Waals surface area contributed by atoms with Gasteiger partial charge in [0, 0.05) is 18.7 Å². The van der Waals surface area contributed by atoms with Gasteiger partial charge in [-0.3, -0.25) is 0 Å². The Hall–Kier alpha value is -2.98. The highest BCUT2D eigenvalue weighted by Gasteiger charge is 2.09. The second-order valence-electron chi connectivity index (χ2n) is 6.22. The van der Waals surface area contributed by atoms with Crippen molar-refractivity contribution in [1.29, 1.82) is 0 Å². The molecule has 0 heterocycles. The van der Waals surface area contributed by atoms with Crippen molar-refractivity contribution in [1.82, 2.24) is 0 Å². The summed E-state index contributed by atoms with van der Waals surface area (Å²) in [5.41, 5.74) is 4.32. The van der Waals surface area contributed by atoms with Crippen molar-refractivity contribution >= 4 is 5.69 Å². The second kappa shape index (κ2) is 8.41. The van der Waals surface area contributed by atoms with E-state index < -0.39 is 0 Å². The molecular formula is C22H24N2O2. The van der Waals surface area contributed by atoms with Crippen molar-refractivity contribution in [3.05, 3.63) is 89.5 Å². The maximum atomic E-state index is 5.99. The zero-order valence-corrected chi connectivity index (χ0v) is 15.2. The van der Waals surface area contributed by atoms with Crippen LogP contribution in [0.1, 0.15) is 16.7 Å². The summed E-state index contributed by atoms with van der Waals surface area (Å²) in [5.74, 6) is 7.48. The highest BCUT2D eigenvalue weighted by molar-refractivity contribution is 5.55. The lowest BCUT2D eigenvalue weighted by atomic mass is 10.1. The molecule has 0 aliphatic rings. The van der Waals surface area contributed by atoms with Crippen LogP contribution in [0.3, 0.4) is 0 Å². The maximum Gasteiger partial charge on any atom is 0.123 e. The van der Waals surface area contributed by atoms with Gasteiger partial charge in [-0.25, -0.2) is 5.84 Å². The normalized spacial score (nSPS) is 10.4. The summed E-state index contributed by atoms with van der Waals surface area (Å²) < 4.78 is 11.9. The van der Waals surface area contributed by atoms with E-state index in [1.54, 1.807) is 5.01 Å². The van der Waals surface area contributed by atoms with Gasteiger partial charge in [0.05, 0.1) is 5.69 Å². The fourth-order valence-corrected chi connectivity index (χ4v) is 2.76. The van der Waals surface area contributed by atoms with Crippen molar-refractivity contribution in [3.8, 4) is 11.5 Å². The molecule has 4 nitrogen and oxygen atoms in total. The summed E-state index contributed by atoms with van der Waals surface area (Å²) in [5, 5.41) is 1.62. The van der Waals surface area contributed by atoms with E-state index >= 15 is 0 Å². The SMILES string of the molecule is Cc1cccc(N(C)N)c1COc1cccc(OCc2ccccc2)c1. The third kappa shape index (κ3) is 4.55. The number of rotatable bonds is 7. The summed E-state index contributed by atoms with van der Waals surface area (Å²) in [7, 11) is 1.83. The van der Waals surface area contributed by atoms with Crippen molar-refractivity contribution in [3.63, 3.8) is 0 Å². The van der Waals surface area contributed by atoms with Crippen LogP contribution in [0.15, 0.2) is 72.8 Å². The largest absolute Gasteiger partial charge is 0.489 e. The molecule has 0 aromatic heterocycles. The van der Waals surface area contributed by atoms with Gasteiger partial charge in [-0.15, -0.1) is 0 Å². The molecule has 0 saturated heterocycles. The minimum Gasteiger partial charge on any atom is -0.489 e. The third-order valence-electron chi connectivity index (χ3n) is 4.20. The maximum absolute atomic E-state index is 5.99. The van der Waals surface area contributed by atoms with Crippen LogP contribution in [-0.4, -0.2) is 7.05 Å². The lowest BCUT2D eigenvalue weighted by Gasteiger charge is -2.19. The number of hydrogen-bond acceptors (Lipinski definition) is 4. The van der Waals surface area contributed by atoms with Gasteiger partial charge in [-0.2, -0.15) is 0 Å². The molecule has 2 N–H and O–H groups in total. The minimum atomic E-state index is 0.450. The predicted octanol–water partition coefficient (Wildman–Crippen LogP) is 4.46. The molecule has 3 rings (SSSR count). The smallest absolute Gasteiger partial charge is 0.123 e. The zero-order chi connectivity index (χ0) is 18.4. The molecule has 0 radical (unpaired) electrons. The van der Waals surface area contributed by atoms with Crippen molar-refractivity contribution < 1.29 is 9.47 Å². The first-order chi connectivity index (χ1) is 12.6. The number of aryl methyl sites for hydroxylation is 1. The lowest BCUT2D eigenvalue weighted by Crippen LogP contribution is -2.26.